The van der Waals surface area contributed by atoms with E-state index in [1.807, 2.05) is 86.7 Å². The Kier molecular flexibility index (Phi) is 13.0. The predicted molar refractivity (Wildman–Crippen MR) is 166 cm³/mol. The van der Waals surface area contributed by atoms with Crippen LogP contribution in [0.3, 0.4) is 0 Å². The molecule has 0 aliphatic heterocycles. The molecule has 206 valence electrons. The lowest BCUT2D eigenvalue weighted by atomic mass is 10.2. The van der Waals surface area contributed by atoms with Gasteiger partial charge in [-0.15, -0.1) is 0 Å². The van der Waals surface area contributed by atoms with Gasteiger partial charge in [0.15, 0.2) is 5.82 Å². The minimum atomic E-state index is 0.558. The lowest BCUT2D eigenvalue weighted by Crippen LogP contribution is -2.33. The van der Waals surface area contributed by atoms with Gasteiger partial charge in [0.05, 0.1) is 5.52 Å². The third-order valence-electron chi connectivity index (χ3n) is 6.27. The highest BCUT2D eigenvalue weighted by Crippen LogP contribution is 2.21. The fraction of sp³-hybridized carbons (Fsp3) is 0.333. The molecule has 1 aromatic heterocycles. The summed E-state index contributed by atoms with van der Waals surface area (Å²) >= 11 is 0. The van der Waals surface area contributed by atoms with Crippen molar-refractivity contribution in [2.45, 2.75) is 34.3 Å². The highest BCUT2D eigenvalue weighted by atomic mass is 16.5. The smallest absolute Gasteiger partial charge is 0.154 e. The molecule has 2 N–H and O–H groups in total. The second kappa shape index (κ2) is 17.0. The van der Waals surface area contributed by atoms with Gasteiger partial charge in [-0.1, -0.05) is 88.4 Å². The Hall–Kier alpha value is -3.74. The van der Waals surface area contributed by atoms with Crippen LogP contribution >= 0.6 is 0 Å². The Labute approximate surface area is 234 Å². The van der Waals surface area contributed by atoms with Crippen molar-refractivity contribution >= 4 is 28.9 Å². The lowest BCUT2D eigenvalue weighted by Gasteiger charge is -2.18. The van der Waals surface area contributed by atoms with E-state index in [4.69, 9.17) is 14.7 Å². The molecule has 0 aliphatic carbocycles. The molecule has 0 saturated carbocycles. The molecule has 0 fully saturated rings. The molecule has 39 heavy (non-hydrogen) atoms. The van der Waals surface area contributed by atoms with Gasteiger partial charge in [-0.25, -0.2) is 9.97 Å². The van der Waals surface area contributed by atoms with E-state index in [-0.39, 0.29) is 0 Å². The number of hydrogen-bond donors (Lipinski definition) is 2. The third-order valence-corrected chi connectivity index (χ3v) is 6.27. The topological polar surface area (TPSA) is 62.3 Å². The van der Waals surface area contributed by atoms with E-state index in [0.717, 1.165) is 72.9 Å². The SMILES string of the molecule is CC.CCN(CC)CCNCCNc1nc(/C=C/c2ccc(OCc3ccccc3)cc2)nc2ccccc12. The van der Waals surface area contributed by atoms with Gasteiger partial charge in [-0.05, 0) is 54.6 Å². The molecular weight excluding hydrogens is 482 g/mol. The number of aromatic nitrogens is 2. The van der Waals surface area contributed by atoms with Crippen LogP contribution in [0.2, 0.25) is 0 Å². The predicted octanol–water partition coefficient (Wildman–Crippen LogP) is 6.75. The molecule has 6 heteroatoms. The van der Waals surface area contributed by atoms with Crippen molar-refractivity contribution in [3.8, 4) is 5.75 Å². The van der Waals surface area contributed by atoms with E-state index in [9.17, 15) is 0 Å². The number of fused-ring (bicyclic) bond motifs is 1. The van der Waals surface area contributed by atoms with Gasteiger partial charge in [0.25, 0.3) is 0 Å². The van der Waals surface area contributed by atoms with Crippen LogP contribution in [0.4, 0.5) is 5.82 Å². The summed E-state index contributed by atoms with van der Waals surface area (Å²) in [6, 6.07) is 26.4. The Morgan fingerprint density at radius 3 is 2.23 bits per heavy atom. The zero-order valence-electron chi connectivity index (χ0n) is 23.9. The number of anilines is 1. The van der Waals surface area contributed by atoms with Gasteiger partial charge in [0.2, 0.25) is 0 Å². The Morgan fingerprint density at radius 1 is 0.769 bits per heavy atom. The number of nitrogens with zero attached hydrogens (tertiary/aromatic N) is 3. The van der Waals surface area contributed by atoms with E-state index in [2.05, 4.69) is 47.6 Å². The van der Waals surface area contributed by atoms with E-state index >= 15 is 0 Å². The second-order valence-electron chi connectivity index (χ2n) is 8.83. The Morgan fingerprint density at radius 2 is 1.49 bits per heavy atom. The Bertz CT molecular complexity index is 1250. The van der Waals surface area contributed by atoms with Crippen LogP contribution in [0.1, 0.15) is 44.6 Å². The summed E-state index contributed by atoms with van der Waals surface area (Å²) in [7, 11) is 0. The van der Waals surface area contributed by atoms with Crippen molar-refractivity contribution in [3.63, 3.8) is 0 Å². The fourth-order valence-corrected chi connectivity index (χ4v) is 4.06. The molecule has 0 amide bonds. The molecule has 0 bridgehead atoms. The maximum Gasteiger partial charge on any atom is 0.154 e. The summed E-state index contributed by atoms with van der Waals surface area (Å²) < 4.78 is 5.89. The quantitative estimate of drug-likeness (QED) is 0.178. The van der Waals surface area contributed by atoms with E-state index < -0.39 is 0 Å². The molecule has 0 saturated heterocycles. The molecule has 0 radical (unpaired) electrons. The normalized spacial score (nSPS) is 11.0. The number of benzene rings is 3. The summed E-state index contributed by atoms with van der Waals surface area (Å²) in [4.78, 5) is 12.0. The summed E-state index contributed by atoms with van der Waals surface area (Å²) in [6.45, 7) is 14.9. The summed E-state index contributed by atoms with van der Waals surface area (Å²) in [5, 5.41) is 8.04. The number of likely N-dealkylation sites (N-methyl/N-ethyl adjacent to an activating group) is 1. The molecule has 0 atom stereocenters. The Balaban J connectivity index is 0.00000205. The molecule has 1 heterocycles. The van der Waals surface area contributed by atoms with Gasteiger partial charge in [-0.3, -0.25) is 0 Å². The zero-order chi connectivity index (χ0) is 27.7. The first kappa shape index (κ1) is 29.8. The monoisotopic (exact) mass is 525 g/mol. The number of hydrogen-bond acceptors (Lipinski definition) is 6. The van der Waals surface area contributed by atoms with Crippen LogP contribution in [0, 0.1) is 0 Å². The molecule has 4 rings (SSSR count). The van der Waals surface area contributed by atoms with Gasteiger partial charge < -0.3 is 20.3 Å². The van der Waals surface area contributed by atoms with Crippen LogP contribution in [0.15, 0.2) is 78.9 Å². The average molecular weight is 526 g/mol. The van der Waals surface area contributed by atoms with E-state index in [1.54, 1.807) is 0 Å². The van der Waals surface area contributed by atoms with E-state index in [0.29, 0.717) is 12.4 Å². The van der Waals surface area contributed by atoms with Crippen LogP contribution < -0.4 is 15.4 Å². The highest BCUT2D eigenvalue weighted by molar-refractivity contribution is 5.90. The number of ether oxygens (including phenoxy) is 1. The number of rotatable bonds is 14. The molecular formula is C33H43N5O. The van der Waals surface area contributed by atoms with E-state index in [1.165, 1.54) is 0 Å². The minimum absolute atomic E-state index is 0.558. The summed E-state index contributed by atoms with van der Waals surface area (Å²) in [5.74, 6) is 2.39. The number of nitrogens with one attached hydrogen (secondary N) is 2. The second-order valence-corrected chi connectivity index (χ2v) is 8.83. The molecule has 0 unspecified atom stereocenters. The van der Waals surface area contributed by atoms with Crippen molar-refractivity contribution in [2.24, 2.45) is 0 Å². The molecule has 0 aliphatic rings. The molecule has 3 aromatic carbocycles. The van der Waals surface area contributed by atoms with Crippen molar-refractivity contribution in [1.82, 2.24) is 20.2 Å². The fourth-order valence-electron chi connectivity index (χ4n) is 4.06. The summed E-state index contributed by atoms with van der Waals surface area (Å²) in [5.41, 5.74) is 3.15. The van der Waals surface area contributed by atoms with Gasteiger partial charge in [0, 0.05) is 31.6 Å². The van der Waals surface area contributed by atoms with Crippen LogP contribution in [-0.2, 0) is 6.61 Å². The molecule has 6 nitrogen and oxygen atoms in total. The third kappa shape index (κ3) is 9.82. The van der Waals surface area contributed by atoms with Crippen LogP contribution in [0.25, 0.3) is 23.1 Å². The first-order chi connectivity index (χ1) is 19.2. The molecule has 4 aromatic rings. The first-order valence-electron chi connectivity index (χ1n) is 14.1. The first-order valence-corrected chi connectivity index (χ1v) is 14.1. The highest BCUT2D eigenvalue weighted by Gasteiger charge is 2.06. The van der Waals surface area contributed by atoms with Crippen LogP contribution in [-0.4, -0.2) is 54.1 Å². The summed E-state index contributed by atoms with van der Waals surface area (Å²) in [6.07, 6.45) is 3.99. The van der Waals surface area contributed by atoms with Crippen molar-refractivity contribution in [2.75, 3.05) is 44.6 Å². The zero-order valence-corrected chi connectivity index (χ0v) is 23.9. The van der Waals surface area contributed by atoms with Crippen molar-refractivity contribution < 1.29 is 4.74 Å². The number of para-hydroxylation sites is 1. The van der Waals surface area contributed by atoms with Crippen LogP contribution in [0.5, 0.6) is 5.75 Å². The standard InChI is InChI=1S/C31H37N5O.C2H6/c1-3-36(4-2)23-22-32-20-21-33-31-28-12-8-9-13-29(28)34-30(35-31)19-16-25-14-17-27(18-15-25)37-24-26-10-6-5-7-11-26;1-2/h5-19,32H,3-4,20-24H2,1-2H3,(H,33,34,35);1-2H3/b19-16+;. The van der Waals surface area contributed by atoms with Gasteiger partial charge in [0.1, 0.15) is 18.2 Å². The average Bonchev–Trinajstić information content (AvgIpc) is 3.00. The lowest BCUT2D eigenvalue weighted by molar-refractivity contribution is 0.303. The van der Waals surface area contributed by atoms with Crippen molar-refractivity contribution in [3.05, 3.63) is 95.8 Å². The van der Waals surface area contributed by atoms with Gasteiger partial charge >= 0.3 is 0 Å². The largest absolute Gasteiger partial charge is 0.489 e. The molecule has 0 spiro atoms. The maximum atomic E-state index is 5.89. The van der Waals surface area contributed by atoms with Gasteiger partial charge in [-0.2, -0.15) is 0 Å². The minimum Gasteiger partial charge on any atom is -0.489 e. The van der Waals surface area contributed by atoms with Crippen molar-refractivity contribution in [1.29, 1.82) is 0 Å². The maximum absolute atomic E-state index is 5.89.